The molecule has 0 amide bonds. The third kappa shape index (κ3) is 2.48. The fourth-order valence-electron chi connectivity index (χ4n) is 1.65. The fourth-order valence-corrected chi connectivity index (χ4v) is 6.48. The van der Waals surface area contributed by atoms with Crippen molar-refractivity contribution in [3.05, 3.63) is 40.5 Å². The van der Waals surface area contributed by atoms with E-state index in [2.05, 4.69) is 22.6 Å². The van der Waals surface area contributed by atoms with Gasteiger partial charge in [-0.05, 0) is 62.7 Å². The SMILES string of the molecule is O=C(O)c1cc2cccc(I)c2c(I)c1I(=O)=O. The molecule has 0 radical (unpaired) electrons. The summed E-state index contributed by atoms with van der Waals surface area (Å²) in [5, 5.41) is 10.6. The summed E-state index contributed by atoms with van der Waals surface area (Å²) in [6.45, 7) is 0. The quantitative estimate of drug-likeness (QED) is 0.542. The minimum absolute atomic E-state index is 0.0242. The van der Waals surface area contributed by atoms with Crippen LogP contribution in [0.5, 0.6) is 0 Å². The molecule has 0 bridgehead atoms. The topological polar surface area (TPSA) is 71.4 Å². The number of benzene rings is 2. The van der Waals surface area contributed by atoms with Crippen LogP contribution < -0.4 is 0 Å². The molecule has 0 saturated carbocycles. The van der Waals surface area contributed by atoms with Crippen LogP contribution in [0, 0.1) is 10.7 Å². The number of carboxylic acids is 1. The van der Waals surface area contributed by atoms with Gasteiger partial charge >= 0.3 is 25.8 Å². The van der Waals surface area contributed by atoms with Gasteiger partial charge in [-0.3, -0.25) is 0 Å². The molecule has 2 aromatic carbocycles. The Bertz CT molecular complexity index is 727. The van der Waals surface area contributed by atoms with Crippen LogP contribution in [0.2, 0.25) is 0 Å². The summed E-state index contributed by atoms with van der Waals surface area (Å²) in [7, 11) is 0. The third-order valence-corrected chi connectivity index (χ3v) is 7.39. The smallest absolute Gasteiger partial charge is 0.342 e. The van der Waals surface area contributed by atoms with Crippen molar-refractivity contribution in [3.8, 4) is 0 Å². The number of rotatable bonds is 2. The Kier molecular flexibility index (Phi) is 4.41. The van der Waals surface area contributed by atoms with Gasteiger partial charge in [0.1, 0.15) is 3.57 Å². The largest absolute Gasteiger partial charge is 0.478 e. The highest BCUT2D eigenvalue weighted by atomic mass is 127. The maximum absolute atomic E-state index is 11.4. The molecule has 7 heteroatoms. The van der Waals surface area contributed by atoms with Gasteiger partial charge in [0.15, 0.2) is 0 Å². The summed E-state index contributed by atoms with van der Waals surface area (Å²) in [6.07, 6.45) is 0. The lowest BCUT2D eigenvalue weighted by Crippen LogP contribution is -2.03. The van der Waals surface area contributed by atoms with Gasteiger partial charge in [0, 0.05) is 12.5 Å². The fraction of sp³-hybridized carbons (Fsp3) is 0. The zero-order chi connectivity index (χ0) is 13.4. The van der Waals surface area contributed by atoms with E-state index < -0.39 is 25.8 Å². The van der Waals surface area contributed by atoms with Crippen LogP contribution in [0.1, 0.15) is 10.4 Å². The van der Waals surface area contributed by atoms with Crippen molar-refractivity contribution in [2.45, 2.75) is 0 Å². The Morgan fingerprint density at radius 3 is 2.44 bits per heavy atom. The summed E-state index contributed by atoms with van der Waals surface area (Å²) in [4.78, 5) is 11.1. The van der Waals surface area contributed by atoms with Crippen molar-refractivity contribution in [2.24, 2.45) is 0 Å². The van der Waals surface area contributed by atoms with Gasteiger partial charge < -0.3 is 5.11 Å². The van der Waals surface area contributed by atoms with Gasteiger partial charge in [-0.1, -0.05) is 12.1 Å². The zero-order valence-electron chi connectivity index (χ0n) is 8.62. The number of hydrogen-bond acceptors (Lipinski definition) is 3. The van der Waals surface area contributed by atoms with Gasteiger partial charge in [0.05, 0.1) is 5.56 Å². The van der Waals surface area contributed by atoms with E-state index >= 15 is 0 Å². The highest BCUT2D eigenvalue weighted by Gasteiger charge is 2.21. The van der Waals surface area contributed by atoms with E-state index in [9.17, 15) is 10.9 Å². The maximum Gasteiger partial charge on any atom is 0.342 e. The molecule has 0 spiro atoms. The molecule has 2 aromatic rings. The van der Waals surface area contributed by atoms with E-state index in [1.807, 2.05) is 34.7 Å². The van der Waals surface area contributed by atoms with Gasteiger partial charge in [-0.25, -0.2) is 10.9 Å². The van der Waals surface area contributed by atoms with Crippen LogP contribution in [-0.4, -0.2) is 11.1 Å². The van der Waals surface area contributed by atoms with Gasteiger partial charge in [0.2, 0.25) is 0 Å². The van der Waals surface area contributed by atoms with Crippen LogP contribution in [0.4, 0.5) is 0 Å². The Balaban J connectivity index is 3.05. The summed E-state index contributed by atoms with van der Waals surface area (Å²) >= 11 is 0.163. The van der Waals surface area contributed by atoms with E-state index in [-0.39, 0.29) is 9.13 Å². The van der Waals surface area contributed by atoms with E-state index in [0.29, 0.717) is 3.57 Å². The van der Waals surface area contributed by atoms with Crippen molar-refractivity contribution in [2.75, 3.05) is 0 Å². The summed E-state index contributed by atoms with van der Waals surface area (Å²) in [6, 6.07) is 6.89. The second-order valence-corrected chi connectivity index (χ2v) is 7.97. The molecule has 0 heterocycles. The summed E-state index contributed by atoms with van der Waals surface area (Å²) in [5.41, 5.74) is -0.135. The van der Waals surface area contributed by atoms with Crippen LogP contribution in [0.15, 0.2) is 24.3 Å². The lowest BCUT2D eigenvalue weighted by atomic mass is 10.1. The highest BCUT2D eigenvalue weighted by molar-refractivity contribution is 14.2. The van der Waals surface area contributed by atoms with E-state index in [1.165, 1.54) is 6.07 Å². The monoisotopic (exact) mass is 582 g/mol. The molecule has 18 heavy (non-hydrogen) atoms. The van der Waals surface area contributed by atoms with Gasteiger partial charge in [0.25, 0.3) is 0 Å². The predicted octanol–water partition coefficient (Wildman–Crippen LogP) is 4.11. The standard InChI is InChI=1S/C11H5I3O4/c12-7-3-1-2-5-4-6(11(15)16)10(14(17)18)9(13)8(5)7/h1-4H,(H,15,16). The second-order valence-electron chi connectivity index (χ2n) is 3.41. The van der Waals surface area contributed by atoms with Crippen molar-refractivity contribution >= 4 is 81.7 Å². The predicted molar refractivity (Wildman–Crippen MR) is 90.4 cm³/mol. The van der Waals surface area contributed by atoms with E-state index in [4.69, 9.17) is 5.11 Å². The van der Waals surface area contributed by atoms with Crippen LogP contribution in [0.25, 0.3) is 10.8 Å². The van der Waals surface area contributed by atoms with Gasteiger partial charge in [-0.15, -0.1) is 0 Å². The molecule has 0 aliphatic rings. The normalized spacial score (nSPS) is 11.1. The second kappa shape index (κ2) is 5.53. The van der Waals surface area contributed by atoms with Crippen molar-refractivity contribution in [1.29, 1.82) is 0 Å². The Hall–Kier alpha value is -0.0400. The first-order valence-electron chi connectivity index (χ1n) is 4.62. The molecule has 0 aromatic heterocycles. The summed E-state index contributed by atoms with van der Waals surface area (Å²) < 4.78 is 24.1. The Morgan fingerprint density at radius 1 is 1.22 bits per heavy atom. The van der Waals surface area contributed by atoms with Crippen LogP contribution >= 0.6 is 65.0 Å². The zero-order valence-corrected chi connectivity index (χ0v) is 15.1. The number of carbonyl (C=O) groups is 1. The maximum atomic E-state index is 11.4. The minimum Gasteiger partial charge on any atom is -0.478 e. The molecule has 0 unspecified atom stereocenters. The first kappa shape index (κ1) is 14.4. The number of carboxylic acid groups (broad SMARTS) is 1. The highest BCUT2D eigenvalue weighted by Crippen LogP contribution is 2.35. The molecule has 0 fully saturated rings. The molecular weight excluding hydrogens is 577 g/mol. The van der Waals surface area contributed by atoms with E-state index in [1.54, 1.807) is 6.07 Å². The lowest BCUT2D eigenvalue weighted by Gasteiger charge is -2.08. The first-order chi connectivity index (χ1) is 8.43. The summed E-state index contributed by atoms with van der Waals surface area (Å²) in [5.74, 6) is -1.21. The molecule has 0 aliphatic heterocycles. The van der Waals surface area contributed by atoms with Crippen LogP contribution in [-0.2, 0) is 6.14 Å². The molecule has 0 atom stereocenters. The molecule has 1 N–H and O–H groups in total. The van der Waals surface area contributed by atoms with Gasteiger partial charge in [-0.2, -0.15) is 0 Å². The number of fused-ring (bicyclic) bond motifs is 1. The Labute approximate surface area is 137 Å². The number of aromatic carboxylic acids is 1. The molecular formula is C11H5I3O4. The number of halogens is 3. The minimum atomic E-state index is -3.86. The molecule has 94 valence electrons. The average Bonchev–Trinajstić information content (AvgIpc) is 2.27. The lowest BCUT2D eigenvalue weighted by molar-refractivity contribution is 0.0695. The average molecular weight is 582 g/mol. The molecule has 0 saturated heterocycles. The van der Waals surface area contributed by atoms with Crippen LogP contribution in [0.3, 0.4) is 0 Å². The van der Waals surface area contributed by atoms with Crippen molar-refractivity contribution in [1.82, 2.24) is 0 Å². The van der Waals surface area contributed by atoms with E-state index in [0.717, 1.165) is 14.3 Å². The molecule has 0 aliphatic carbocycles. The van der Waals surface area contributed by atoms with Crippen molar-refractivity contribution < 1.29 is 16.0 Å². The first-order valence-corrected chi connectivity index (χ1v) is 9.62. The van der Waals surface area contributed by atoms with Crippen molar-refractivity contribution in [3.63, 3.8) is 0 Å². The molecule has 4 nitrogen and oxygen atoms in total. The molecule has 2 rings (SSSR count). The number of hydrogen-bond donors (Lipinski definition) is 1. The third-order valence-electron chi connectivity index (χ3n) is 2.38. The Morgan fingerprint density at radius 2 is 1.89 bits per heavy atom.